The Kier molecular flexibility index (Phi) is 4.17. The molecule has 1 aromatic heterocycles. The number of methoxy groups -OCH3 is 1. The molecular formula is C9H12ClN3O2. The van der Waals surface area contributed by atoms with Crippen molar-refractivity contribution in [3.8, 4) is 5.88 Å². The first-order chi connectivity index (χ1) is 7.20. The highest BCUT2D eigenvalue weighted by atomic mass is 35.5. The molecule has 15 heavy (non-hydrogen) atoms. The fourth-order valence-corrected chi connectivity index (χ4v) is 1.15. The molecule has 0 amide bonds. The number of hydrogen-bond acceptors (Lipinski definition) is 5. The van der Waals surface area contributed by atoms with E-state index in [4.69, 9.17) is 26.8 Å². The number of hydrogen-bond donors (Lipinski definition) is 1. The lowest BCUT2D eigenvalue weighted by Gasteiger charge is -2.06. The first-order valence-corrected chi connectivity index (χ1v) is 4.72. The first kappa shape index (κ1) is 11.6. The Balaban J connectivity index is 3.04. The number of nitrogens with two attached hydrogens (primary N) is 1. The maximum absolute atomic E-state index is 5.82. The van der Waals surface area contributed by atoms with E-state index < -0.39 is 0 Å². The predicted molar refractivity (Wildman–Crippen MR) is 58.7 cm³/mol. The highest BCUT2D eigenvalue weighted by Crippen LogP contribution is 2.27. The maximum Gasteiger partial charge on any atom is 0.257 e. The summed E-state index contributed by atoms with van der Waals surface area (Å²) < 4.78 is 9.95. The fraction of sp³-hybridized carbons (Fsp3) is 0.333. The molecule has 0 saturated heterocycles. The lowest BCUT2D eigenvalue weighted by molar-refractivity contribution is 0.272. The van der Waals surface area contributed by atoms with Crippen LogP contribution in [0.3, 0.4) is 0 Å². The van der Waals surface area contributed by atoms with Crippen molar-refractivity contribution < 1.29 is 9.47 Å². The maximum atomic E-state index is 5.82. The molecule has 0 unspecified atom stereocenters. The molecule has 2 N–H and O–H groups in total. The van der Waals surface area contributed by atoms with Gasteiger partial charge in [0.1, 0.15) is 5.69 Å². The molecule has 0 bridgehead atoms. The SMILES string of the molecule is CCO/C=C/c1c(Cl)nnc(OC)c1N. The average molecular weight is 230 g/mol. The molecule has 6 heteroatoms. The molecule has 0 aliphatic heterocycles. The summed E-state index contributed by atoms with van der Waals surface area (Å²) in [5, 5.41) is 7.59. The van der Waals surface area contributed by atoms with Crippen LogP contribution in [0.4, 0.5) is 5.69 Å². The van der Waals surface area contributed by atoms with E-state index in [2.05, 4.69) is 10.2 Å². The Morgan fingerprint density at radius 2 is 2.20 bits per heavy atom. The average Bonchev–Trinajstić information content (AvgIpc) is 2.23. The van der Waals surface area contributed by atoms with Gasteiger partial charge in [0, 0.05) is 5.56 Å². The number of rotatable bonds is 4. The molecule has 0 spiro atoms. The van der Waals surface area contributed by atoms with Crippen LogP contribution >= 0.6 is 11.6 Å². The predicted octanol–water partition coefficient (Wildman–Crippen LogP) is 1.73. The van der Waals surface area contributed by atoms with Crippen molar-refractivity contribution in [1.29, 1.82) is 0 Å². The van der Waals surface area contributed by atoms with E-state index in [-0.39, 0.29) is 11.0 Å². The second kappa shape index (κ2) is 5.41. The van der Waals surface area contributed by atoms with Gasteiger partial charge in [-0.1, -0.05) is 11.6 Å². The van der Waals surface area contributed by atoms with E-state index in [0.717, 1.165) is 0 Å². The summed E-state index contributed by atoms with van der Waals surface area (Å²) in [6.07, 6.45) is 3.12. The van der Waals surface area contributed by atoms with Gasteiger partial charge < -0.3 is 15.2 Å². The monoisotopic (exact) mass is 229 g/mol. The minimum Gasteiger partial charge on any atom is -0.501 e. The lowest BCUT2D eigenvalue weighted by atomic mass is 10.2. The van der Waals surface area contributed by atoms with E-state index in [9.17, 15) is 0 Å². The largest absolute Gasteiger partial charge is 0.501 e. The molecule has 0 saturated carbocycles. The quantitative estimate of drug-likeness (QED) is 0.797. The summed E-state index contributed by atoms with van der Waals surface area (Å²) >= 11 is 5.82. The van der Waals surface area contributed by atoms with Crippen molar-refractivity contribution in [2.45, 2.75) is 6.92 Å². The van der Waals surface area contributed by atoms with Crippen LogP contribution in [0.15, 0.2) is 6.26 Å². The molecule has 0 aliphatic rings. The second-order valence-corrected chi connectivity index (χ2v) is 2.94. The van der Waals surface area contributed by atoms with Gasteiger partial charge in [-0.15, -0.1) is 10.2 Å². The molecular weight excluding hydrogens is 218 g/mol. The van der Waals surface area contributed by atoms with Crippen LogP contribution < -0.4 is 10.5 Å². The third kappa shape index (κ3) is 2.73. The van der Waals surface area contributed by atoms with E-state index in [0.29, 0.717) is 17.9 Å². The highest BCUT2D eigenvalue weighted by Gasteiger charge is 2.10. The summed E-state index contributed by atoms with van der Waals surface area (Å²) in [7, 11) is 1.46. The smallest absolute Gasteiger partial charge is 0.257 e. The molecule has 0 aromatic carbocycles. The Bertz CT molecular complexity index is 369. The number of halogens is 1. The summed E-state index contributed by atoms with van der Waals surface area (Å²) in [5.74, 6) is 0.246. The van der Waals surface area contributed by atoms with Crippen LogP contribution in [0.25, 0.3) is 6.08 Å². The van der Waals surface area contributed by atoms with Gasteiger partial charge in [-0.2, -0.15) is 0 Å². The van der Waals surface area contributed by atoms with Crippen LogP contribution in [0.5, 0.6) is 5.88 Å². The fourth-order valence-electron chi connectivity index (χ4n) is 0.945. The number of anilines is 1. The van der Waals surface area contributed by atoms with Gasteiger partial charge in [0.05, 0.1) is 20.0 Å². The van der Waals surface area contributed by atoms with Crippen molar-refractivity contribution in [3.05, 3.63) is 17.0 Å². The number of ether oxygens (including phenoxy) is 2. The van der Waals surface area contributed by atoms with Gasteiger partial charge in [0.15, 0.2) is 5.15 Å². The minimum absolute atomic E-state index is 0.212. The first-order valence-electron chi connectivity index (χ1n) is 4.34. The van der Waals surface area contributed by atoms with Crippen LogP contribution in [0.1, 0.15) is 12.5 Å². The summed E-state index contributed by atoms with van der Waals surface area (Å²) in [5.41, 5.74) is 6.64. The van der Waals surface area contributed by atoms with Crippen molar-refractivity contribution >= 4 is 23.4 Å². The van der Waals surface area contributed by atoms with Gasteiger partial charge in [-0.25, -0.2) is 0 Å². The van der Waals surface area contributed by atoms with Gasteiger partial charge in [0.25, 0.3) is 5.88 Å². The van der Waals surface area contributed by atoms with Gasteiger partial charge in [-0.3, -0.25) is 0 Å². The van der Waals surface area contributed by atoms with Crippen molar-refractivity contribution in [2.75, 3.05) is 19.5 Å². The van der Waals surface area contributed by atoms with Crippen molar-refractivity contribution in [2.24, 2.45) is 0 Å². The number of aromatic nitrogens is 2. The number of nitrogen functional groups attached to an aromatic ring is 1. The van der Waals surface area contributed by atoms with E-state index >= 15 is 0 Å². The summed E-state index contributed by atoms with van der Waals surface area (Å²) in [4.78, 5) is 0. The van der Waals surface area contributed by atoms with E-state index in [1.807, 2.05) is 6.92 Å². The van der Waals surface area contributed by atoms with Crippen LogP contribution in [-0.2, 0) is 4.74 Å². The summed E-state index contributed by atoms with van der Waals surface area (Å²) in [6, 6.07) is 0. The summed E-state index contributed by atoms with van der Waals surface area (Å²) in [6.45, 7) is 2.45. The molecule has 5 nitrogen and oxygen atoms in total. The zero-order chi connectivity index (χ0) is 11.3. The number of nitrogens with zero attached hydrogens (tertiary/aromatic N) is 2. The Morgan fingerprint density at radius 3 is 2.80 bits per heavy atom. The van der Waals surface area contributed by atoms with E-state index in [1.54, 1.807) is 6.08 Å². The van der Waals surface area contributed by atoms with Crippen molar-refractivity contribution in [3.63, 3.8) is 0 Å². The zero-order valence-corrected chi connectivity index (χ0v) is 9.28. The third-order valence-electron chi connectivity index (χ3n) is 1.66. The third-order valence-corrected chi connectivity index (χ3v) is 1.94. The standard InChI is InChI=1S/C9H12ClN3O2/c1-3-15-5-4-6-7(11)9(14-2)13-12-8(6)10/h4-5H,3H2,1-2H3,(H2,11,12)/b5-4+. The molecule has 1 heterocycles. The van der Waals surface area contributed by atoms with Gasteiger partial charge >= 0.3 is 0 Å². The molecule has 1 aromatic rings. The lowest BCUT2D eigenvalue weighted by Crippen LogP contribution is -2.01. The normalized spacial score (nSPS) is 10.6. The topological polar surface area (TPSA) is 70.3 Å². The van der Waals surface area contributed by atoms with Gasteiger partial charge in [0.2, 0.25) is 0 Å². The van der Waals surface area contributed by atoms with Gasteiger partial charge in [-0.05, 0) is 13.0 Å². The van der Waals surface area contributed by atoms with E-state index in [1.165, 1.54) is 13.4 Å². The zero-order valence-electron chi connectivity index (χ0n) is 8.53. The molecule has 0 fully saturated rings. The van der Waals surface area contributed by atoms with Crippen LogP contribution in [0.2, 0.25) is 5.15 Å². The molecule has 0 radical (unpaired) electrons. The molecule has 0 aliphatic carbocycles. The van der Waals surface area contributed by atoms with Crippen molar-refractivity contribution in [1.82, 2.24) is 10.2 Å². The Morgan fingerprint density at radius 1 is 1.47 bits per heavy atom. The Hall–Kier alpha value is -1.49. The second-order valence-electron chi connectivity index (χ2n) is 2.59. The minimum atomic E-state index is 0.212. The highest BCUT2D eigenvalue weighted by molar-refractivity contribution is 6.31. The molecule has 0 atom stereocenters. The van der Waals surface area contributed by atoms with Crippen LogP contribution in [-0.4, -0.2) is 23.9 Å². The molecule has 82 valence electrons. The van der Waals surface area contributed by atoms with Crippen LogP contribution in [0, 0.1) is 0 Å². The molecule has 1 rings (SSSR count). The Labute approximate surface area is 92.8 Å².